The fourth-order valence-electron chi connectivity index (χ4n) is 1.73. The van der Waals surface area contributed by atoms with Gasteiger partial charge in [0.05, 0.1) is 13.2 Å². The van der Waals surface area contributed by atoms with Gasteiger partial charge in [-0.2, -0.15) is 0 Å². The van der Waals surface area contributed by atoms with Gasteiger partial charge in [-0.15, -0.1) is 0 Å². The minimum Gasteiger partial charge on any atom is -0.480 e. The number of likely N-dealkylation sites (tertiary alicyclic amines) is 1. The Morgan fingerprint density at radius 2 is 2.00 bits per heavy atom. The van der Waals surface area contributed by atoms with Crippen LogP contribution in [-0.2, 0) is 9.53 Å². The third kappa shape index (κ3) is 1.90. The van der Waals surface area contributed by atoms with Crippen molar-refractivity contribution in [2.45, 2.75) is 12.5 Å². The van der Waals surface area contributed by atoms with Crippen LogP contribution in [0.3, 0.4) is 0 Å². The molecule has 0 aromatic heterocycles. The number of rotatable bonds is 1. The molecule has 0 radical (unpaired) electrons. The number of carboxylic acid groups (broad SMARTS) is 1. The second-order valence-electron chi connectivity index (χ2n) is 3.75. The molecule has 2 aliphatic heterocycles. The van der Waals surface area contributed by atoms with Crippen LogP contribution in [-0.4, -0.2) is 65.8 Å². The van der Waals surface area contributed by atoms with Crippen LogP contribution in [0.15, 0.2) is 0 Å². The molecule has 0 aromatic rings. The molecule has 2 saturated heterocycles. The predicted octanol–water partition coefficient (Wildman–Crippen LogP) is -0.403. The van der Waals surface area contributed by atoms with Crippen LogP contribution in [0.2, 0.25) is 0 Å². The SMILES string of the molecule is O=C(O)C1COCCN1C(=O)N1CCC1. The minimum atomic E-state index is -0.997. The van der Waals surface area contributed by atoms with Crippen molar-refractivity contribution in [1.82, 2.24) is 9.80 Å². The Balaban J connectivity index is 2.03. The molecule has 0 aliphatic carbocycles. The van der Waals surface area contributed by atoms with Gasteiger partial charge in [-0.05, 0) is 6.42 Å². The van der Waals surface area contributed by atoms with E-state index in [1.807, 2.05) is 0 Å². The number of carboxylic acids is 1. The topological polar surface area (TPSA) is 70.1 Å². The number of aliphatic carboxylic acids is 1. The average Bonchev–Trinajstić information content (AvgIpc) is 2.15. The van der Waals surface area contributed by atoms with Crippen molar-refractivity contribution in [2.75, 3.05) is 32.8 Å². The van der Waals surface area contributed by atoms with Gasteiger partial charge in [0.25, 0.3) is 0 Å². The highest BCUT2D eigenvalue weighted by Gasteiger charge is 2.36. The van der Waals surface area contributed by atoms with Crippen molar-refractivity contribution in [3.63, 3.8) is 0 Å². The molecule has 0 aromatic carbocycles. The van der Waals surface area contributed by atoms with Gasteiger partial charge in [0.15, 0.2) is 6.04 Å². The van der Waals surface area contributed by atoms with E-state index in [2.05, 4.69) is 0 Å². The van der Waals surface area contributed by atoms with Crippen molar-refractivity contribution in [1.29, 1.82) is 0 Å². The van der Waals surface area contributed by atoms with Crippen LogP contribution in [0.5, 0.6) is 0 Å². The van der Waals surface area contributed by atoms with Crippen molar-refractivity contribution in [3.8, 4) is 0 Å². The van der Waals surface area contributed by atoms with Crippen LogP contribution < -0.4 is 0 Å². The molecule has 2 rings (SSSR count). The Labute approximate surface area is 87.4 Å². The Kier molecular flexibility index (Phi) is 2.77. The third-order valence-electron chi connectivity index (χ3n) is 2.79. The summed E-state index contributed by atoms with van der Waals surface area (Å²) in [6.07, 6.45) is 1.01. The molecular formula is C9H14N2O4. The van der Waals surface area contributed by atoms with E-state index < -0.39 is 12.0 Å². The van der Waals surface area contributed by atoms with Crippen molar-refractivity contribution in [2.24, 2.45) is 0 Å². The number of ether oxygens (including phenoxy) is 1. The minimum absolute atomic E-state index is 0.0922. The van der Waals surface area contributed by atoms with E-state index in [-0.39, 0.29) is 12.6 Å². The summed E-state index contributed by atoms with van der Waals surface area (Å²) in [7, 11) is 0. The summed E-state index contributed by atoms with van der Waals surface area (Å²) >= 11 is 0. The summed E-state index contributed by atoms with van der Waals surface area (Å²) < 4.78 is 5.06. The number of carbonyl (C=O) groups is 2. The Hall–Kier alpha value is -1.30. The molecule has 2 fully saturated rings. The van der Waals surface area contributed by atoms with E-state index in [9.17, 15) is 9.59 Å². The van der Waals surface area contributed by atoms with E-state index >= 15 is 0 Å². The normalized spacial score (nSPS) is 26.0. The van der Waals surface area contributed by atoms with E-state index in [0.29, 0.717) is 13.2 Å². The zero-order chi connectivity index (χ0) is 10.8. The van der Waals surface area contributed by atoms with Gasteiger partial charge < -0.3 is 19.6 Å². The molecule has 2 aliphatic rings. The maximum atomic E-state index is 11.8. The number of hydrogen-bond acceptors (Lipinski definition) is 3. The first kappa shape index (κ1) is 10.2. The predicted molar refractivity (Wildman–Crippen MR) is 50.5 cm³/mol. The van der Waals surface area contributed by atoms with E-state index in [1.54, 1.807) is 4.90 Å². The van der Waals surface area contributed by atoms with Crippen LogP contribution in [0.4, 0.5) is 4.79 Å². The molecule has 0 spiro atoms. The Morgan fingerprint density at radius 1 is 1.27 bits per heavy atom. The van der Waals surface area contributed by atoms with Gasteiger partial charge in [0.1, 0.15) is 0 Å². The molecule has 15 heavy (non-hydrogen) atoms. The van der Waals surface area contributed by atoms with E-state index in [0.717, 1.165) is 19.5 Å². The highest BCUT2D eigenvalue weighted by Crippen LogP contribution is 2.15. The standard InChI is InChI=1S/C9H14N2O4/c12-8(13)7-6-15-5-4-11(7)9(14)10-2-1-3-10/h7H,1-6H2,(H,12,13). The number of carbonyl (C=O) groups excluding carboxylic acids is 1. The lowest BCUT2D eigenvalue weighted by Gasteiger charge is -2.40. The lowest BCUT2D eigenvalue weighted by atomic mass is 10.2. The second kappa shape index (κ2) is 4.06. The van der Waals surface area contributed by atoms with E-state index in [4.69, 9.17) is 9.84 Å². The van der Waals surface area contributed by atoms with Crippen LogP contribution in [0, 0.1) is 0 Å². The Morgan fingerprint density at radius 3 is 2.53 bits per heavy atom. The number of nitrogens with zero attached hydrogens (tertiary/aromatic N) is 2. The molecule has 1 atom stereocenters. The smallest absolute Gasteiger partial charge is 0.328 e. The monoisotopic (exact) mass is 214 g/mol. The summed E-state index contributed by atoms with van der Waals surface area (Å²) in [5.41, 5.74) is 0. The number of morpholine rings is 1. The number of amides is 2. The number of urea groups is 1. The van der Waals surface area contributed by atoms with Crippen LogP contribution in [0.1, 0.15) is 6.42 Å². The first-order chi connectivity index (χ1) is 7.20. The maximum absolute atomic E-state index is 11.8. The molecule has 1 unspecified atom stereocenters. The van der Waals surface area contributed by atoms with Gasteiger partial charge in [-0.25, -0.2) is 9.59 Å². The highest BCUT2D eigenvalue weighted by atomic mass is 16.5. The molecule has 2 heterocycles. The van der Waals surface area contributed by atoms with Gasteiger partial charge in [0.2, 0.25) is 0 Å². The first-order valence-electron chi connectivity index (χ1n) is 5.06. The number of hydrogen-bond donors (Lipinski definition) is 1. The largest absolute Gasteiger partial charge is 0.480 e. The summed E-state index contributed by atoms with van der Waals surface area (Å²) in [5.74, 6) is -0.997. The molecular weight excluding hydrogens is 200 g/mol. The molecule has 6 nitrogen and oxygen atoms in total. The van der Waals surface area contributed by atoms with Crippen molar-refractivity contribution < 1.29 is 19.4 Å². The third-order valence-corrected chi connectivity index (χ3v) is 2.79. The van der Waals surface area contributed by atoms with Crippen molar-refractivity contribution in [3.05, 3.63) is 0 Å². The highest BCUT2D eigenvalue weighted by molar-refractivity contribution is 5.83. The summed E-state index contributed by atoms with van der Waals surface area (Å²) in [5, 5.41) is 8.94. The fourth-order valence-corrected chi connectivity index (χ4v) is 1.73. The van der Waals surface area contributed by atoms with Gasteiger partial charge in [0, 0.05) is 19.6 Å². The lowest BCUT2D eigenvalue weighted by Crippen LogP contribution is -2.58. The Bertz CT molecular complexity index is 277. The summed E-state index contributed by atoms with van der Waals surface area (Å²) in [6, 6.07) is -0.996. The molecule has 1 N–H and O–H groups in total. The summed E-state index contributed by atoms with van der Waals surface area (Å²) in [6.45, 7) is 2.36. The van der Waals surface area contributed by atoms with Crippen LogP contribution >= 0.6 is 0 Å². The molecule has 0 bridgehead atoms. The van der Waals surface area contributed by atoms with Gasteiger partial charge in [-0.1, -0.05) is 0 Å². The van der Waals surface area contributed by atoms with Gasteiger partial charge in [-0.3, -0.25) is 0 Å². The van der Waals surface area contributed by atoms with Gasteiger partial charge >= 0.3 is 12.0 Å². The average molecular weight is 214 g/mol. The molecule has 0 saturated carbocycles. The summed E-state index contributed by atoms with van der Waals surface area (Å²) in [4.78, 5) is 25.8. The zero-order valence-electron chi connectivity index (χ0n) is 8.39. The first-order valence-corrected chi connectivity index (χ1v) is 5.06. The fraction of sp³-hybridized carbons (Fsp3) is 0.778. The lowest BCUT2D eigenvalue weighted by molar-refractivity contribution is -0.147. The molecule has 84 valence electrons. The quantitative estimate of drug-likeness (QED) is 0.644. The van der Waals surface area contributed by atoms with Crippen molar-refractivity contribution >= 4 is 12.0 Å². The van der Waals surface area contributed by atoms with E-state index in [1.165, 1.54) is 4.90 Å². The zero-order valence-corrected chi connectivity index (χ0v) is 8.39. The van der Waals surface area contributed by atoms with Crippen LogP contribution in [0.25, 0.3) is 0 Å². The molecule has 6 heteroatoms. The maximum Gasteiger partial charge on any atom is 0.328 e. The molecule has 2 amide bonds. The second-order valence-corrected chi connectivity index (χ2v) is 3.75.